The van der Waals surface area contributed by atoms with E-state index >= 15 is 0 Å². The van der Waals surface area contributed by atoms with Gasteiger partial charge in [0, 0.05) is 18.2 Å². The van der Waals surface area contributed by atoms with Gasteiger partial charge >= 0.3 is 18.3 Å². The molecule has 0 spiro atoms. The number of hydrogen-bond acceptors (Lipinski definition) is 5. The van der Waals surface area contributed by atoms with Crippen molar-refractivity contribution >= 4 is 11.7 Å². The van der Waals surface area contributed by atoms with E-state index in [-0.39, 0.29) is 41.4 Å². The van der Waals surface area contributed by atoms with Crippen LogP contribution in [0.3, 0.4) is 0 Å². The summed E-state index contributed by atoms with van der Waals surface area (Å²) in [6.07, 6.45) is -10.3. The summed E-state index contributed by atoms with van der Waals surface area (Å²) in [4.78, 5) is 22.8. The highest BCUT2D eigenvalue weighted by molar-refractivity contribution is 5.91. The Labute approximate surface area is 187 Å². The van der Waals surface area contributed by atoms with Crippen LogP contribution in [0.15, 0.2) is 48.5 Å². The van der Waals surface area contributed by atoms with Gasteiger partial charge < -0.3 is 4.74 Å². The number of non-ortho nitro benzene ring substituents is 1. The summed E-state index contributed by atoms with van der Waals surface area (Å²) in [5.74, 6) is -1.97. The summed E-state index contributed by atoms with van der Waals surface area (Å²) in [6, 6.07) is 6.59. The molecule has 0 N–H and O–H groups in total. The number of ether oxygens (including phenoxy) is 1. The van der Waals surface area contributed by atoms with Gasteiger partial charge in [-0.05, 0) is 36.2 Å². The lowest BCUT2D eigenvalue weighted by molar-refractivity contribution is -0.384. The Morgan fingerprint density at radius 2 is 1.50 bits per heavy atom. The van der Waals surface area contributed by atoms with E-state index in [4.69, 9.17) is 4.74 Å². The van der Waals surface area contributed by atoms with Gasteiger partial charge in [-0.15, -0.1) is 0 Å². The molecule has 0 unspecified atom stereocenters. The van der Waals surface area contributed by atoms with Crippen molar-refractivity contribution < 1.29 is 40.8 Å². The molecule has 0 saturated carbocycles. The zero-order valence-corrected chi connectivity index (χ0v) is 17.4. The second-order valence-electron chi connectivity index (χ2n) is 7.43. The second-order valence-corrected chi connectivity index (χ2v) is 7.43. The Morgan fingerprint density at radius 3 is 1.94 bits per heavy atom. The van der Waals surface area contributed by atoms with E-state index in [1.807, 2.05) is 0 Å². The number of carbonyl (C=O) groups is 1. The Hall–Kier alpha value is -3.90. The van der Waals surface area contributed by atoms with Gasteiger partial charge in [-0.25, -0.2) is 9.48 Å². The zero-order valence-electron chi connectivity index (χ0n) is 17.4. The van der Waals surface area contributed by atoms with Crippen LogP contribution in [-0.4, -0.2) is 20.7 Å². The van der Waals surface area contributed by atoms with E-state index in [2.05, 4.69) is 5.10 Å². The first-order valence-electron chi connectivity index (χ1n) is 9.53. The van der Waals surface area contributed by atoms with Crippen LogP contribution in [0.4, 0.5) is 32.0 Å². The first-order chi connectivity index (χ1) is 15.7. The van der Waals surface area contributed by atoms with E-state index in [0.717, 1.165) is 16.8 Å². The number of esters is 1. The number of benzene rings is 2. The molecular formula is C21H15F6N3O4. The van der Waals surface area contributed by atoms with Crippen molar-refractivity contribution in [3.63, 3.8) is 0 Å². The Bertz CT molecular complexity index is 1200. The highest BCUT2D eigenvalue weighted by Crippen LogP contribution is 2.36. The first-order valence-corrected chi connectivity index (χ1v) is 9.53. The number of halogens is 6. The fraction of sp³-hybridized carbons (Fsp3) is 0.238. The van der Waals surface area contributed by atoms with Crippen LogP contribution in [0, 0.1) is 10.1 Å². The Morgan fingerprint density at radius 1 is 0.971 bits per heavy atom. The van der Waals surface area contributed by atoms with Crippen molar-refractivity contribution in [2.75, 3.05) is 0 Å². The SMILES string of the molecule is CC(C)c1cc(OC(=O)c2cc(C(F)(F)F)cc(C(F)(F)F)c2)n(-c2ccc([N+](=O)[O-])cc2)n1. The third-order valence-electron chi connectivity index (χ3n) is 4.61. The number of alkyl halides is 6. The van der Waals surface area contributed by atoms with Crippen molar-refractivity contribution in [2.45, 2.75) is 32.1 Å². The number of carbonyl (C=O) groups excluding carboxylic acids is 1. The number of rotatable bonds is 5. The maximum absolute atomic E-state index is 13.1. The maximum atomic E-state index is 13.1. The third kappa shape index (κ3) is 5.35. The quantitative estimate of drug-likeness (QED) is 0.186. The van der Waals surface area contributed by atoms with Crippen LogP contribution in [0.25, 0.3) is 5.69 Å². The molecule has 0 amide bonds. The summed E-state index contributed by atoms with van der Waals surface area (Å²) in [5.41, 5.74) is -3.93. The van der Waals surface area contributed by atoms with Crippen molar-refractivity contribution in [3.05, 3.63) is 81.0 Å². The number of nitrogens with zero attached hydrogens (tertiary/aromatic N) is 3. The van der Waals surface area contributed by atoms with Gasteiger partial charge in [0.25, 0.3) is 5.69 Å². The van der Waals surface area contributed by atoms with Crippen LogP contribution >= 0.6 is 0 Å². The lowest BCUT2D eigenvalue weighted by Crippen LogP contribution is -2.16. The molecule has 2 aromatic carbocycles. The van der Waals surface area contributed by atoms with Crippen LogP contribution in [0.1, 0.15) is 46.9 Å². The lowest BCUT2D eigenvalue weighted by Gasteiger charge is -2.14. The van der Waals surface area contributed by atoms with Gasteiger partial charge in [0.2, 0.25) is 5.88 Å². The molecule has 0 aliphatic carbocycles. The molecule has 0 aliphatic rings. The van der Waals surface area contributed by atoms with Gasteiger partial charge in [0.15, 0.2) is 0 Å². The highest BCUT2D eigenvalue weighted by Gasteiger charge is 2.38. The van der Waals surface area contributed by atoms with Crippen molar-refractivity contribution in [1.29, 1.82) is 0 Å². The maximum Gasteiger partial charge on any atom is 0.416 e. The second kappa shape index (κ2) is 8.80. The average molecular weight is 487 g/mol. The summed E-state index contributed by atoms with van der Waals surface area (Å²) in [7, 11) is 0. The van der Waals surface area contributed by atoms with E-state index in [1.165, 1.54) is 18.2 Å². The summed E-state index contributed by atoms with van der Waals surface area (Å²) < 4.78 is 84.9. The van der Waals surface area contributed by atoms with Gasteiger partial charge in [-0.2, -0.15) is 31.4 Å². The van der Waals surface area contributed by atoms with Crippen LogP contribution in [0.2, 0.25) is 0 Å². The monoisotopic (exact) mass is 487 g/mol. The molecule has 3 aromatic rings. The van der Waals surface area contributed by atoms with Gasteiger partial charge in [-0.1, -0.05) is 13.8 Å². The van der Waals surface area contributed by atoms with Crippen molar-refractivity contribution in [1.82, 2.24) is 9.78 Å². The molecule has 0 aliphatic heterocycles. The molecule has 34 heavy (non-hydrogen) atoms. The number of nitro benzene ring substituents is 1. The minimum Gasteiger partial charge on any atom is -0.404 e. The minimum absolute atomic E-state index is 0.102. The molecule has 0 atom stereocenters. The topological polar surface area (TPSA) is 87.3 Å². The normalized spacial score (nSPS) is 12.1. The molecular weight excluding hydrogens is 472 g/mol. The molecule has 1 heterocycles. The fourth-order valence-corrected chi connectivity index (χ4v) is 2.86. The lowest BCUT2D eigenvalue weighted by atomic mass is 10.0. The predicted molar refractivity (Wildman–Crippen MR) is 106 cm³/mol. The highest BCUT2D eigenvalue weighted by atomic mass is 19.4. The largest absolute Gasteiger partial charge is 0.416 e. The van der Waals surface area contributed by atoms with Gasteiger partial charge in [0.05, 0.1) is 33.0 Å². The average Bonchev–Trinajstić information content (AvgIpc) is 3.16. The van der Waals surface area contributed by atoms with E-state index < -0.39 is 39.9 Å². The minimum atomic E-state index is -5.14. The Kier molecular flexibility index (Phi) is 6.40. The number of nitro groups is 1. The molecule has 0 bridgehead atoms. The number of hydrogen-bond donors (Lipinski definition) is 0. The molecule has 7 nitrogen and oxygen atoms in total. The van der Waals surface area contributed by atoms with Crippen molar-refractivity contribution in [2.24, 2.45) is 0 Å². The predicted octanol–water partition coefficient (Wildman–Crippen LogP) is 6.16. The molecule has 3 rings (SSSR count). The summed E-state index contributed by atoms with van der Waals surface area (Å²) in [5, 5.41) is 15.1. The van der Waals surface area contributed by atoms with Crippen molar-refractivity contribution in [3.8, 4) is 11.6 Å². The number of aromatic nitrogens is 2. The van der Waals surface area contributed by atoms with E-state index in [0.29, 0.717) is 5.69 Å². The summed E-state index contributed by atoms with van der Waals surface area (Å²) >= 11 is 0. The molecule has 1 aromatic heterocycles. The smallest absolute Gasteiger partial charge is 0.404 e. The Balaban J connectivity index is 2.04. The van der Waals surface area contributed by atoms with Gasteiger partial charge in [0.1, 0.15) is 0 Å². The fourth-order valence-electron chi connectivity index (χ4n) is 2.86. The zero-order chi connectivity index (χ0) is 25.4. The molecule has 0 saturated heterocycles. The summed E-state index contributed by atoms with van der Waals surface area (Å²) in [6.45, 7) is 3.49. The molecule has 180 valence electrons. The molecule has 0 radical (unpaired) electrons. The van der Waals surface area contributed by atoms with Crippen LogP contribution < -0.4 is 4.74 Å². The molecule has 13 heteroatoms. The van der Waals surface area contributed by atoms with E-state index in [9.17, 15) is 41.3 Å². The standard InChI is InChI=1S/C21H15F6N3O4/c1-11(2)17-10-18(29(28-17)15-3-5-16(6-4-15)30(32)33)34-19(31)12-7-13(20(22,23)24)9-14(8-12)21(25,26)27/h3-11H,1-2H3. The first kappa shape index (κ1) is 24.7. The van der Waals surface area contributed by atoms with Crippen LogP contribution in [-0.2, 0) is 12.4 Å². The third-order valence-corrected chi connectivity index (χ3v) is 4.61. The molecule has 0 fully saturated rings. The van der Waals surface area contributed by atoms with E-state index in [1.54, 1.807) is 13.8 Å². The van der Waals surface area contributed by atoms with Gasteiger partial charge in [-0.3, -0.25) is 10.1 Å². The van der Waals surface area contributed by atoms with Crippen LogP contribution in [0.5, 0.6) is 5.88 Å².